The number of fused-ring (bicyclic) bond motifs is 1. The molecule has 4 N–H and O–H groups in total. The van der Waals surface area contributed by atoms with Crippen LogP contribution in [-0.2, 0) is 16.1 Å². The van der Waals surface area contributed by atoms with Crippen molar-refractivity contribution in [2.75, 3.05) is 49.7 Å². The SMILES string of the molecule is COc1ccc2c(c1)CN(C(=O)C(=O)NCCSSCCNC(=O)c1ccc(N)cc1[N+](=O)[O-])CCS2. The van der Waals surface area contributed by atoms with E-state index in [1.54, 1.807) is 23.8 Å². The first kappa shape index (κ1) is 28.5. The monoisotopic (exact) mass is 565 g/mol. The van der Waals surface area contributed by atoms with E-state index in [0.717, 1.165) is 16.5 Å². The van der Waals surface area contributed by atoms with Crippen molar-refractivity contribution in [3.8, 4) is 5.75 Å². The van der Waals surface area contributed by atoms with Crippen LogP contribution in [0.2, 0.25) is 0 Å². The highest BCUT2D eigenvalue weighted by atomic mass is 33.1. The summed E-state index contributed by atoms with van der Waals surface area (Å²) >= 11 is 1.65. The lowest BCUT2D eigenvalue weighted by Crippen LogP contribution is -2.43. The Bertz CT molecular complexity index is 1170. The Hall–Kier alpha value is -3.10. The number of amides is 3. The zero-order valence-corrected chi connectivity index (χ0v) is 22.5. The predicted octanol–water partition coefficient (Wildman–Crippen LogP) is 2.55. The molecule has 1 heterocycles. The maximum atomic E-state index is 12.7. The van der Waals surface area contributed by atoms with Crippen molar-refractivity contribution in [2.45, 2.75) is 11.4 Å². The molecule has 0 radical (unpaired) electrons. The number of methoxy groups -OCH3 is 1. The van der Waals surface area contributed by atoms with Gasteiger partial charge >= 0.3 is 11.8 Å². The third-order valence-corrected chi connectivity index (χ3v) is 8.72. The van der Waals surface area contributed by atoms with Gasteiger partial charge in [0.1, 0.15) is 11.3 Å². The molecule has 11 nitrogen and oxygen atoms in total. The minimum Gasteiger partial charge on any atom is -0.497 e. The number of nitrogens with two attached hydrogens (primary N) is 1. The number of ether oxygens (including phenoxy) is 1. The van der Waals surface area contributed by atoms with Gasteiger partial charge in [0.2, 0.25) is 0 Å². The number of nitrogen functional groups attached to an aromatic ring is 1. The summed E-state index contributed by atoms with van der Waals surface area (Å²) in [5.41, 5.74) is 6.33. The number of carbonyl (C=O) groups excluding carboxylic acids is 3. The second-order valence-corrected chi connectivity index (χ2v) is 11.6. The van der Waals surface area contributed by atoms with E-state index in [1.165, 1.54) is 33.7 Å². The molecule has 1 aliphatic heterocycles. The van der Waals surface area contributed by atoms with Crippen molar-refractivity contribution in [2.24, 2.45) is 0 Å². The molecule has 0 aromatic heterocycles. The molecule has 0 bridgehead atoms. The molecule has 0 saturated heterocycles. The molecule has 0 aliphatic carbocycles. The van der Waals surface area contributed by atoms with E-state index in [9.17, 15) is 24.5 Å². The summed E-state index contributed by atoms with van der Waals surface area (Å²) < 4.78 is 5.27. The minimum absolute atomic E-state index is 0.0464. The molecule has 37 heavy (non-hydrogen) atoms. The van der Waals surface area contributed by atoms with Crippen LogP contribution in [0.15, 0.2) is 41.3 Å². The molecule has 0 atom stereocenters. The number of thioether (sulfide) groups is 1. The Morgan fingerprint density at radius 2 is 1.86 bits per heavy atom. The summed E-state index contributed by atoms with van der Waals surface area (Å²) in [6, 6.07) is 9.65. The highest BCUT2D eigenvalue weighted by Crippen LogP contribution is 2.30. The van der Waals surface area contributed by atoms with Gasteiger partial charge in [-0.05, 0) is 35.9 Å². The van der Waals surface area contributed by atoms with E-state index in [-0.39, 0.29) is 16.9 Å². The maximum absolute atomic E-state index is 12.7. The predicted molar refractivity (Wildman–Crippen MR) is 147 cm³/mol. The van der Waals surface area contributed by atoms with Crippen LogP contribution in [0.1, 0.15) is 15.9 Å². The molecule has 3 amide bonds. The summed E-state index contributed by atoms with van der Waals surface area (Å²) in [6.45, 7) is 1.45. The first-order valence-electron chi connectivity index (χ1n) is 11.2. The largest absolute Gasteiger partial charge is 0.497 e. The number of nitro groups is 1. The van der Waals surface area contributed by atoms with Crippen LogP contribution >= 0.6 is 33.3 Å². The van der Waals surface area contributed by atoms with Crippen molar-refractivity contribution < 1.29 is 24.0 Å². The molecule has 0 saturated carbocycles. The zero-order chi connectivity index (χ0) is 26.8. The van der Waals surface area contributed by atoms with E-state index in [2.05, 4.69) is 10.6 Å². The Labute approximate surface area is 226 Å². The van der Waals surface area contributed by atoms with Gasteiger partial charge in [-0.3, -0.25) is 24.5 Å². The first-order chi connectivity index (χ1) is 17.8. The highest BCUT2D eigenvalue weighted by Gasteiger charge is 2.25. The van der Waals surface area contributed by atoms with Crippen molar-refractivity contribution in [3.05, 3.63) is 57.6 Å². The number of hydrogen-bond acceptors (Lipinski definition) is 10. The van der Waals surface area contributed by atoms with Gasteiger partial charge in [0.05, 0.1) is 12.0 Å². The van der Waals surface area contributed by atoms with Crippen LogP contribution in [0.5, 0.6) is 5.75 Å². The van der Waals surface area contributed by atoms with Gasteiger partial charge in [-0.15, -0.1) is 11.8 Å². The molecule has 0 fully saturated rings. The first-order valence-corrected chi connectivity index (χ1v) is 14.7. The Kier molecular flexibility index (Phi) is 10.8. The van der Waals surface area contributed by atoms with Crippen LogP contribution in [-0.4, -0.2) is 71.5 Å². The molecule has 3 rings (SSSR count). The number of rotatable bonds is 10. The van der Waals surface area contributed by atoms with E-state index < -0.39 is 22.6 Å². The lowest BCUT2D eigenvalue weighted by molar-refractivity contribution is -0.385. The second kappa shape index (κ2) is 14.0. The Balaban J connectivity index is 1.33. The fourth-order valence-corrected chi connectivity index (χ4v) is 6.23. The Morgan fingerprint density at radius 3 is 2.57 bits per heavy atom. The molecule has 0 spiro atoms. The molecular weight excluding hydrogens is 538 g/mol. The lowest BCUT2D eigenvalue weighted by atomic mass is 10.1. The van der Waals surface area contributed by atoms with Gasteiger partial charge in [0.25, 0.3) is 11.6 Å². The second-order valence-electron chi connectivity index (χ2n) is 7.74. The van der Waals surface area contributed by atoms with Gasteiger partial charge in [-0.2, -0.15) is 0 Å². The molecule has 198 valence electrons. The van der Waals surface area contributed by atoms with E-state index in [1.807, 2.05) is 18.2 Å². The summed E-state index contributed by atoms with van der Waals surface area (Å²) in [7, 11) is 4.55. The van der Waals surface area contributed by atoms with Crippen LogP contribution in [0, 0.1) is 10.1 Å². The number of nitrogens with zero attached hydrogens (tertiary/aromatic N) is 2. The smallest absolute Gasteiger partial charge is 0.312 e. The number of carbonyl (C=O) groups is 3. The third-order valence-electron chi connectivity index (χ3n) is 5.22. The summed E-state index contributed by atoms with van der Waals surface area (Å²) in [4.78, 5) is 50.4. The number of nitrogens with one attached hydrogen (secondary N) is 2. The van der Waals surface area contributed by atoms with Crippen molar-refractivity contribution in [3.63, 3.8) is 0 Å². The highest BCUT2D eigenvalue weighted by molar-refractivity contribution is 8.76. The summed E-state index contributed by atoms with van der Waals surface area (Å²) in [5.74, 6) is 0.784. The van der Waals surface area contributed by atoms with Gasteiger partial charge < -0.3 is 26.0 Å². The van der Waals surface area contributed by atoms with Gasteiger partial charge in [0.15, 0.2) is 0 Å². The number of hydrogen-bond donors (Lipinski definition) is 3. The van der Waals surface area contributed by atoms with E-state index in [4.69, 9.17) is 10.5 Å². The zero-order valence-electron chi connectivity index (χ0n) is 20.1. The molecule has 14 heteroatoms. The fourth-order valence-electron chi connectivity index (χ4n) is 3.41. The lowest BCUT2D eigenvalue weighted by Gasteiger charge is -2.20. The fraction of sp³-hybridized carbons (Fsp3) is 0.348. The van der Waals surface area contributed by atoms with Crippen LogP contribution in [0.3, 0.4) is 0 Å². The van der Waals surface area contributed by atoms with E-state index >= 15 is 0 Å². The van der Waals surface area contributed by atoms with E-state index in [0.29, 0.717) is 49.2 Å². The van der Waals surface area contributed by atoms with Gasteiger partial charge in [0, 0.05) is 60.1 Å². The normalized spacial score (nSPS) is 12.7. The summed E-state index contributed by atoms with van der Waals surface area (Å²) in [5, 5.41) is 16.4. The quantitative estimate of drug-likeness (QED) is 0.0977. The molecule has 0 unspecified atom stereocenters. The molecule has 2 aromatic rings. The number of anilines is 1. The average molecular weight is 566 g/mol. The van der Waals surface area contributed by atoms with Gasteiger partial charge in [-0.1, -0.05) is 21.6 Å². The average Bonchev–Trinajstić information content (AvgIpc) is 3.11. The molecule has 2 aromatic carbocycles. The van der Waals surface area contributed by atoms with Crippen LogP contribution < -0.4 is 21.1 Å². The summed E-state index contributed by atoms with van der Waals surface area (Å²) in [6.07, 6.45) is 0. The van der Waals surface area contributed by atoms with Crippen LogP contribution in [0.25, 0.3) is 0 Å². The third kappa shape index (κ3) is 8.20. The topological polar surface area (TPSA) is 157 Å². The van der Waals surface area contributed by atoms with Crippen LogP contribution in [0.4, 0.5) is 11.4 Å². The van der Waals surface area contributed by atoms with Crippen molar-refractivity contribution >= 4 is 62.4 Å². The van der Waals surface area contributed by atoms with Crippen molar-refractivity contribution in [1.29, 1.82) is 0 Å². The number of benzene rings is 2. The molecule has 1 aliphatic rings. The van der Waals surface area contributed by atoms with Crippen molar-refractivity contribution in [1.82, 2.24) is 15.5 Å². The van der Waals surface area contributed by atoms with Gasteiger partial charge in [-0.25, -0.2) is 0 Å². The standard InChI is InChI=1S/C23H27N5O6S3/c1-34-17-3-5-20-15(12-17)14-27(8-11-35-20)23(31)22(30)26-7-10-37-36-9-6-25-21(29)18-4-2-16(24)13-19(18)28(32)33/h2-5,12-13H,6-11,14,24H2,1H3,(H,25,29)(H,26,30). The number of nitro benzene ring substituents is 1. The maximum Gasteiger partial charge on any atom is 0.312 e. The minimum atomic E-state index is -0.642. The molecular formula is C23H27N5O6S3. The Morgan fingerprint density at radius 1 is 1.14 bits per heavy atom.